The molecular formula is C14H17NO3S. The normalized spacial score (nSPS) is 27.7. The molecule has 1 aliphatic heterocycles. The molecule has 1 heterocycles. The van der Waals surface area contributed by atoms with E-state index in [9.17, 15) is 13.2 Å². The van der Waals surface area contributed by atoms with Gasteiger partial charge in [0, 0.05) is 25.4 Å². The van der Waals surface area contributed by atoms with Crippen LogP contribution in [0, 0.1) is 18.8 Å². The van der Waals surface area contributed by atoms with Crippen molar-refractivity contribution < 1.29 is 13.2 Å². The van der Waals surface area contributed by atoms with Gasteiger partial charge in [0.05, 0.1) is 4.90 Å². The summed E-state index contributed by atoms with van der Waals surface area (Å²) >= 11 is 0. The Kier molecular flexibility index (Phi) is 2.98. The van der Waals surface area contributed by atoms with Gasteiger partial charge >= 0.3 is 0 Å². The number of benzene rings is 1. The molecule has 1 aliphatic carbocycles. The van der Waals surface area contributed by atoms with Gasteiger partial charge in [-0.15, -0.1) is 0 Å². The molecule has 0 spiro atoms. The van der Waals surface area contributed by atoms with E-state index in [4.69, 9.17) is 0 Å². The highest BCUT2D eigenvalue weighted by molar-refractivity contribution is 7.89. The standard InChI is InChI=1S/C14H17NO3S/c1-10-2-4-12(5-3-10)19(17,18)15-7-6-11-8-14(16)13(11)9-15/h2-5,11,13H,6-9H2,1H3. The lowest BCUT2D eigenvalue weighted by atomic mass is 9.69. The van der Waals surface area contributed by atoms with Crippen molar-refractivity contribution in [2.24, 2.45) is 11.8 Å². The van der Waals surface area contributed by atoms with Crippen LogP contribution in [0.4, 0.5) is 0 Å². The molecule has 1 aromatic rings. The van der Waals surface area contributed by atoms with E-state index in [-0.39, 0.29) is 11.7 Å². The van der Waals surface area contributed by atoms with Crippen LogP contribution in [-0.4, -0.2) is 31.6 Å². The highest BCUT2D eigenvalue weighted by Crippen LogP contribution is 2.39. The number of nitrogens with zero attached hydrogens (tertiary/aromatic N) is 1. The minimum absolute atomic E-state index is 0.0611. The first-order valence-corrected chi connectivity index (χ1v) is 8.02. The van der Waals surface area contributed by atoms with Gasteiger partial charge in [-0.25, -0.2) is 8.42 Å². The number of ketones is 1. The van der Waals surface area contributed by atoms with Gasteiger partial charge in [-0.3, -0.25) is 4.79 Å². The molecule has 2 fully saturated rings. The zero-order valence-electron chi connectivity index (χ0n) is 10.9. The maximum absolute atomic E-state index is 12.5. The van der Waals surface area contributed by atoms with Crippen molar-refractivity contribution in [1.29, 1.82) is 0 Å². The van der Waals surface area contributed by atoms with Crippen molar-refractivity contribution in [3.8, 4) is 0 Å². The van der Waals surface area contributed by atoms with E-state index in [2.05, 4.69) is 0 Å². The largest absolute Gasteiger partial charge is 0.299 e. The average Bonchev–Trinajstić information content (AvgIpc) is 2.38. The van der Waals surface area contributed by atoms with Gasteiger partial charge in [-0.1, -0.05) is 17.7 Å². The maximum atomic E-state index is 12.5. The Labute approximate surface area is 113 Å². The smallest absolute Gasteiger partial charge is 0.243 e. The number of rotatable bonds is 2. The summed E-state index contributed by atoms with van der Waals surface area (Å²) in [5.41, 5.74) is 1.03. The van der Waals surface area contributed by atoms with E-state index in [1.54, 1.807) is 24.3 Å². The van der Waals surface area contributed by atoms with Gasteiger partial charge in [0.2, 0.25) is 10.0 Å². The van der Waals surface area contributed by atoms with Crippen molar-refractivity contribution in [3.63, 3.8) is 0 Å². The van der Waals surface area contributed by atoms with Gasteiger partial charge in [0.1, 0.15) is 5.78 Å². The molecule has 102 valence electrons. The van der Waals surface area contributed by atoms with E-state index >= 15 is 0 Å². The molecule has 0 bridgehead atoms. The van der Waals surface area contributed by atoms with Crippen molar-refractivity contribution in [3.05, 3.63) is 29.8 Å². The van der Waals surface area contributed by atoms with Crippen LogP contribution in [0.3, 0.4) is 0 Å². The number of piperidine rings is 1. The van der Waals surface area contributed by atoms with Crippen LogP contribution < -0.4 is 0 Å². The number of fused-ring (bicyclic) bond motifs is 1. The van der Waals surface area contributed by atoms with Crippen LogP contribution in [0.5, 0.6) is 0 Å². The Morgan fingerprint density at radius 3 is 2.53 bits per heavy atom. The lowest BCUT2D eigenvalue weighted by Gasteiger charge is -2.43. The van der Waals surface area contributed by atoms with E-state index in [1.807, 2.05) is 6.92 Å². The van der Waals surface area contributed by atoms with Gasteiger partial charge in [0.25, 0.3) is 0 Å². The molecule has 1 aromatic carbocycles. The molecule has 0 amide bonds. The monoisotopic (exact) mass is 279 g/mol. The first-order valence-electron chi connectivity index (χ1n) is 6.58. The SMILES string of the molecule is Cc1ccc(S(=O)(=O)N2CCC3CC(=O)C3C2)cc1. The lowest BCUT2D eigenvalue weighted by molar-refractivity contribution is -0.136. The number of hydrogen-bond acceptors (Lipinski definition) is 3. The summed E-state index contributed by atoms with van der Waals surface area (Å²) in [5, 5.41) is 0. The first-order chi connectivity index (χ1) is 8.98. The Balaban J connectivity index is 1.84. The number of hydrogen-bond donors (Lipinski definition) is 0. The summed E-state index contributed by atoms with van der Waals surface area (Å²) in [6.45, 7) is 2.82. The second-order valence-corrected chi connectivity index (χ2v) is 7.44. The molecule has 4 nitrogen and oxygen atoms in total. The van der Waals surface area contributed by atoms with Crippen molar-refractivity contribution >= 4 is 15.8 Å². The number of carbonyl (C=O) groups excluding carboxylic acids is 1. The summed E-state index contributed by atoms with van der Waals surface area (Å²) in [5.74, 6) is 0.569. The van der Waals surface area contributed by atoms with E-state index in [0.717, 1.165) is 12.0 Å². The summed E-state index contributed by atoms with van der Waals surface area (Å²) in [4.78, 5) is 11.8. The second kappa shape index (κ2) is 4.42. The molecule has 0 radical (unpaired) electrons. The minimum Gasteiger partial charge on any atom is -0.299 e. The molecule has 1 saturated carbocycles. The third-order valence-electron chi connectivity index (χ3n) is 4.25. The molecule has 1 saturated heterocycles. The van der Waals surface area contributed by atoms with E-state index in [0.29, 0.717) is 30.3 Å². The Morgan fingerprint density at radius 1 is 1.21 bits per heavy atom. The van der Waals surface area contributed by atoms with Crippen molar-refractivity contribution in [1.82, 2.24) is 4.31 Å². The minimum atomic E-state index is -3.44. The van der Waals surface area contributed by atoms with Crippen LogP contribution >= 0.6 is 0 Å². The van der Waals surface area contributed by atoms with Crippen LogP contribution in [0.2, 0.25) is 0 Å². The molecule has 0 N–H and O–H groups in total. The number of sulfonamides is 1. The number of aryl methyl sites for hydroxylation is 1. The topological polar surface area (TPSA) is 54.5 Å². The molecule has 0 aromatic heterocycles. The van der Waals surface area contributed by atoms with Crippen LogP contribution in [0.1, 0.15) is 18.4 Å². The molecule has 2 aliphatic rings. The third kappa shape index (κ3) is 2.11. The molecule has 2 atom stereocenters. The second-order valence-electron chi connectivity index (χ2n) is 5.50. The van der Waals surface area contributed by atoms with Gasteiger partial charge in [-0.05, 0) is 31.4 Å². The zero-order valence-corrected chi connectivity index (χ0v) is 11.7. The predicted molar refractivity (Wildman–Crippen MR) is 71.2 cm³/mol. The molecule has 5 heteroatoms. The summed E-state index contributed by atoms with van der Waals surface area (Å²) in [6.07, 6.45) is 1.45. The van der Waals surface area contributed by atoms with Crippen LogP contribution in [-0.2, 0) is 14.8 Å². The van der Waals surface area contributed by atoms with E-state index in [1.165, 1.54) is 4.31 Å². The Hall–Kier alpha value is -1.20. The van der Waals surface area contributed by atoms with Crippen LogP contribution in [0.25, 0.3) is 0 Å². The predicted octanol–water partition coefficient (Wildman–Crippen LogP) is 1.59. The summed E-state index contributed by atoms with van der Waals surface area (Å²) in [7, 11) is -3.44. The zero-order chi connectivity index (χ0) is 13.6. The van der Waals surface area contributed by atoms with Crippen molar-refractivity contribution in [2.75, 3.05) is 13.1 Å². The highest BCUT2D eigenvalue weighted by Gasteiger charge is 2.45. The van der Waals surface area contributed by atoms with Crippen molar-refractivity contribution in [2.45, 2.75) is 24.7 Å². The third-order valence-corrected chi connectivity index (χ3v) is 6.13. The maximum Gasteiger partial charge on any atom is 0.243 e. The fourth-order valence-electron chi connectivity index (χ4n) is 2.91. The molecular weight excluding hydrogens is 262 g/mol. The average molecular weight is 279 g/mol. The highest BCUT2D eigenvalue weighted by atomic mass is 32.2. The van der Waals surface area contributed by atoms with Gasteiger partial charge in [0.15, 0.2) is 0 Å². The quantitative estimate of drug-likeness (QED) is 0.826. The molecule has 3 rings (SSSR count). The lowest BCUT2D eigenvalue weighted by Crippen LogP contribution is -2.52. The first kappa shape index (κ1) is 12.8. The fourth-order valence-corrected chi connectivity index (χ4v) is 4.39. The van der Waals surface area contributed by atoms with E-state index < -0.39 is 10.0 Å². The Bertz CT molecular complexity index is 606. The van der Waals surface area contributed by atoms with Gasteiger partial charge in [-0.2, -0.15) is 4.31 Å². The number of carbonyl (C=O) groups is 1. The molecule has 2 unspecified atom stereocenters. The summed E-state index contributed by atoms with van der Waals surface area (Å²) in [6, 6.07) is 6.88. The fraction of sp³-hybridized carbons (Fsp3) is 0.500. The Morgan fingerprint density at radius 2 is 1.89 bits per heavy atom. The summed E-state index contributed by atoms with van der Waals surface area (Å²) < 4.78 is 26.5. The van der Waals surface area contributed by atoms with Crippen LogP contribution in [0.15, 0.2) is 29.2 Å². The number of Topliss-reactive ketones (excluding diaryl/α,β-unsaturated/α-hetero) is 1. The molecule has 19 heavy (non-hydrogen) atoms. The van der Waals surface area contributed by atoms with Gasteiger partial charge < -0.3 is 0 Å².